The number of carbonyl (C=O) groups excluding carboxylic acids is 2. The molecule has 2 aliphatic heterocycles. The quantitative estimate of drug-likeness (QED) is 0.793. The highest BCUT2D eigenvalue weighted by Crippen LogP contribution is 2.47. The van der Waals surface area contributed by atoms with Crippen LogP contribution in [0.1, 0.15) is 44.7 Å². The first kappa shape index (κ1) is 19.9. The zero-order chi connectivity index (χ0) is 20.6. The van der Waals surface area contributed by atoms with Crippen molar-refractivity contribution in [1.29, 1.82) is 0 Å². The lowest BCUT2D eigenvalue weighted by Crippen LogP contribution is -2.34. The molecule has 2 unspecified atom stereocenters. The summed E-state index contributed by atoms with van der Waals surface area (Å²) in [6, 6.07) is 7.53. The van der Waals surface area contributed by atoms with E-state index in [0.29, 0.717) is 23.7 Å². The maximum atomic E-state index is 12.6. The van der Waals surface area contributed by atoms with Gasteiger partial charge in [0.1, 0.15) is 5.76 Å². The molecule has 2 aliphatic rings. The van der Waals surface area contributed by atoms with Crippen molar-refractivity contribution in [3.63, 3.8) is 0 Å². The average Bonchev–Trinajstić information content (AvgIpc) is 2.90. The van der Waals surface area contributed by atoms with Crippen molar-refractivity contribution in [2.24, 2.45) is 0 Å². The van der Waals surface area contributed by atoms with Crippen LogP contribution in [0.15, 0.2) is 47.0 Å². The fourth-order valence-corrected chi connectivity index (χ4v) is 3.71. The highest BCUT2D eigenvalue weighted by atomic mass is 16.7. The molecule has 3 rings (SSSR count). The molecule has 0 aliphatic carbocycles. The van der Waals surface area contributed by atoms with Gasteiger partial charge in [0.05, 0.1) is 29.0 Å². The number of hydrogen-bond donors (Lipinski definition) is 1. The summed E-state index contributed by atoms with van der Waals surface area (Å²) in [6.07, 6.45) is -2.53. The van der Waals surface area contributed by atoms with E-state index in [-0.39, 0.29) is 11.7 Å². The van der Waals surface area contributed by atoms with Crippen LogP contribution in [-0.4, -0.2) is 41.1 Å². The number of benzene rings is 1. The maximum Gasteiger partial charge on any atom is 0.513 e. The molecule has 7 nitrogen and oxygen atoms in total. The third kappa shape index (κ3) is 3.38. The number of hydrogen-bond acceptors (Lipinski definition) is 7. The molecule has 0 saturated carbocycles. The molecule has 1 aromatic rings. The molecule has 2 heterocycles. The minimum Gasteiger partial charge on any atom is -0.431 e. The van der Waals surface area contributed by atoms with Crippen molar-refractivity contribution in [3.8, 4) is 0 Å². The molecule has 7 heteroatoms. The number of cyclic esters (lactones) is 1. The lowest BCUT2D eigenvalue weighted by molar-refractivity contribution is -0.153. The van der Waals surface area contributed by atoms with Gasteiger partial charge in [-0.25, -0.2) is 9.59 Å². The van der Waals surface area contributed by atoms with Gasteiger partial charge in [-0.2, -0.15) is 0 Å². The highest BCUT2D eigenvalue weighted by Gasteiger charge is 2.47. The van der Waals surface area contributed by atoms with Crippen LogP contribution < -0.4 is 0 Å². The van der Waals surface area contributed by atoms with Crippen molar-refractivity contribution in [3.05, 3.63) is 58.1 Å². The van der Waals surface area contributed by atoms with Crippen LogP contribution in [0, 0.1) is 6.92 Å². The second kappa shape index (κ2) is 7.67. The predicted octanol–water partition coefficient (Wildman–Crippen LogP) is 3.34. The largest absolute Gasteiger partial charge is 0.513 e. The van der Waals surface area contributed by atoms with Gasteiger partial charge in [0.15, 0.2) is 0 Å². The topological polar surface area (TPSA) is 85.3 Å². The Labute approximate surface area is 164 Å². The van der Waals surface area contributed by atoms with Crippen LogP contribution in [0.3, 0.4) is 0 Å². The fraction of sp³-hybridized carbons (Fsp3) is 0.429. The number of ether oxygens (including phenoxy) is 3. The fourth-order valence-electron chi connectivity index (χ4n) is 3.71. The number of nitrogens with zero attached hydrogens (tertiary/aromatic N) is 1. The van der Waals surface area contributed by atoms with E-state index in [1.807, 2.05) is 38.1 Å². The molecule has 1 aromatic carbocycles. The number of aryl methyl sites for hydroxylation is 1. The van der Waals surface area contributed by atoms with Gasteiger partial charge >= 0.3 is 12.1 Å². The molecular weight excluding hydrogens is 362 g/mol. The van der Waals surface area contributed by atoms with Gasteiger partial charge in [0.2, 0.25) is 6.29 Å². The van der Waals surface area contributed by atoms with Crippen LogP contribution in [0.5, 0.6) is 0 Å². The number of likely N-dealkylation sites (N-methyl/N-ethyl adjacent to an activating group) is 1. The van der Waals surface area contributed by atoms with Crippen LogP contribution in [-0.2, 0) is 19.0 Å². The number of allylic oxidation sites excluding steroid dienone is 2. The Bertz CT molecular complexity index is 869. The molecule has 0 aromatic heterocycles. The van der Waals surface area contributed by atoms with E-state index in [1.165, 1.54) is 0 Å². The Morgan fingerprint density at radius 3 is 2.57 bits per heavy atom. The zero-order valence-electron chi connectivity index (χ0n) is 16.7. The zero-order valence-corrected chi connectivity index (χ0v) is 16.7. The molecule has 0 spiro atoms. The smallest absolute Gasteiger partial charge is 0.431 e. The third-order valence-electron chi connectivity index (χ3n) is 4.89. The van der Waals surface area contributed by atoms with Crippen molar-refractivity contribution < 1.29 is 28.9 Å². The standard InChI is InChI=1S/C21H25NO6/c1-6-22-13(5)18(27-21(25)26-11(2)3)15(14-10-8-7-9-12(14)4)16-17(22)20(24)28-19(16)23/h7-11,15,20,24H,6H2,1-5H3. The van der Waals surface area contributed by atoms with Crippen molar-refractivity contribution >= 4 is 12.1 Å². The molecule has 0 amide bonds. The molecule has 2 atom stereocenters. The Balaban J connectivity index is 2.18. The summed E-state index contributed by atoms with van der Waals surface area (Å²) in [5, 5.41) is 10.3. The average molecular weight is 387 g/mol. The van der Waals surface area contributed by atoms with E-state index in [1.54, 1.807) is 25.7 Å². The highest BCUT2D eigenvalue weighted by molar-refractivity contribution is 5.95. The van der Waals surface area contributed by atoms with E-state index in [4.69, 9.17) is 14.2 Å². The van der Waals surface area contributed by atoms with Gasteiger partial charge in [0.25, 0.3) is 0 Å². The predicted molar refractivity (Wildman–Crippen MR) is 101 cm³/mol. The van der Waals surface area contributed by atoms with Crippen molar-refractivity contribution in [2.45, 2.75) is 52.9 Å². The number of esters is 1. The monoisotopic (exact) mass is 387 g/mol. The normalized spacial score (nSPS) is 21.8. The summed E-state index contributed by atoms with van der Waals surface area (Å²) in [5.74, 6) is -1.00. The summed E-state index contributed by atoms with van der Waals surface area (Å²) < 4.78 is 15.9. The molecule has 0 fully saturated rings. The summed E-state index contributed by atoms with van der Waals surface area (Å²) >= 11 is 0. The molecular formula is C21H25NO6. The van der Waals surface area contributed by atoms with Gasteiger partial charge in [-0.1, -0.05) is 24.3 Å². The number of rotatable bonds is 4. The van der Waals surface area contributed by atoms with E-state index in [9.17, 15) is 14.7 Å². The van der Waals surface area contributed by atoms with Gasteiger partial charge in [-0.3, -0.25) is 0 Å². The molecule has 28 heavy (non-hydrogen) atoms. The SMILES string of the molecule is CCN1C(C)=C(OC(=O)OC(C)C)C(c2ccccc2C)C2=C1C(O)OC2=O. The minimum absolute atomic E-state index is 0.279. The molecule has 1 N–H and O–H groups in total. The first-order valence-corrected chi connectivity index (χ1v) is 9.31. The number of carbonyl (C=O) groups is 2. The van der Waals surface area contributed by atoms with Crippen LogP contribution in [0.4, 0.5) is 4.79 Å². The first-order chi connectivity index (χ1) is 13.3. The van der Waals surface area contributed by atoms with Gasteiger partial charge in [0, 0.05) is 6.54 Å². The Morgan fingerprint density at radius 1 is 1.29 bits per heavy atom. The van der Waals surface area contributed by atoms with E-state index in [0.717, 1.165) is 11.1 Å². The molecule has 0 saturated heterocycles. The summed E-state index contributed by atoms with van der Waals surface area (Å²) in [7, 11) is 0. The Hall–Kier alpha value is -2.80. The lowest BCUT2D eigenvalue weighted by atomic mass is 9.83. The van der Waals surface area contributed by atoms with Gasteiger partial charge < -0.3 is 24.2 Å². The lowest BCUT2D eigenvalue weighted by Gasteiger charge is -2.35. The van der Waals surface area contributed by atoms with E-state index < -0.39 is 24.3 Å². The summed E-state index contributed by atoms with van der Waals surface area (Å²) in [4.78, 5) is 26.6. The Kier molecular flexibility index (Phi) is 5.47. The van der Waals surface area contributed by atoms with Crippen LogP contribution >= 0.6 is 0 Å². The summed E-state index contributed by atoms with van der Waals surface area (Å²) in [5.41, 5.74) is 3.00. The minimum atomic E-state index is -1.35. The summed E-state index contributed by atoms with van der Waals surface area (Å²) in [6.45, 7) is 9.49. The first-order valence-electron chi connectivity index (χ1n) is 9.31. The van der Waals surface area contributed by atoms with Crippen LogP contribution in [0.25, 0.3) is 0 Å². The number of aliphatic hydroxyl groups excluding tert-OH is 1. The molecule has 0 radical (unpaired) electrons. The molecule has 150 valence electrons. The van der Waals surface area contributed by atoms with Gasteiger partial charge in [-0.15, -0.1) is 0 Å². The second-order valence-electron chi connectivity index (χ2n) is 7.06. The third-order valence-corrected chi connectivity index (χ3v) is 4.89. The maximum absolute atomic E-state index is 12.6. The molecule has 0 bridgehead atoms. The number of aliphatic hydroxyl groups is 1. The van der Waals surface area contributed by atoms with E-state index in [2.05, 4.69) is 0 Å². The van der Waals surface area contributed by atoms with Crippen molar-refractivity contribution in [1.82, 2.24) is 4.90 Å². The van der Waals surface area contributed by atoms with Gasteiger partial charge in [-0.05, 0) is 45.7 Å². The van der Waals surface area contributed by atoms with Crippen LogP contribution in [0.2, 0.25) is 0 Å². The Morgan fingerprint density at radius 2 is 1.96 bits per heavy atom. The van der Waals surface area contributed by atoms with Crippen molar-refractivity contribution in [2.75, 3.05) is 6.54 Å². The second-order valence-corrected chi connectivity index (χ2v) is 7.06. The van der Waals surface area contributed by atoms with E-state index >= 15 is 0 Å².